The first-order valence-corrected chi connectivity index (χ1v) is 3.72. The number of nitrogens with two attached hydrogens (primary N) is 1. The molecular weight excluding hydrogens is 178 g/mol. The van der Waals surface area contributed by atoms with E-state index in [1.165, 1.54) is 12.3 Å². The van der Waals surface area contributed by atoms with Crippen molar-refractivity contribution in [1.82, 2.24) is 4.98 Å². The second kappa shape index (κ2) is 4.02. The van der Waals surface area contributed by atoms with Crippen molar-refractivity contribution in [3.8, 4) is 5.88 Å². The number of hydrogen-bond donors (Lipinski definition) is 1. The lowest BCUT2D eigenvalue weighted by molar-refractivity contribution is 0.0796. The predicted octanol–water partition coefficient (Wildman–Crippen LogP) is 1.62. The zero-order chi connectivity index (χ0) is 9.84. The molecule has 0 aliphatic rings. The molecular formula is C8H10F2N2O. The Morgan fingerprint density at radius 2 is 2.31 bits per heavy atom. The summed E-state index contributed by atoms with van der Waals surface area (Å²) < 4.78 is 28.1. The van der Waals surface area contributed by atoms with E-state index in [0.717, 1.165) is 5.56 Å². The largest absolute Gasteiger partial charge is 0.472 e. The molecule has 0 aliphatic heterocycles. The minimum atomic E-state index is -2.50. The zero-order valence-electron chi connectivity index (χ0n) is 7.13. The maximum absolute atomic E-state index is 11.7. The molecule has 0 aliphatic carbocycles. The number of hydrogen-bond acceptors (Lipinski definition) is 3. The number of aryl methyl sites for hydroxylation is 1. The Hall–Kier alpha value is -1.39. The standard InChI is InChI=1S/C8H10F2N2O/c1-5-3-12-8(2-6(5)11)13-4-7(9)10/h2-3,7H,4H2,1H3,(H2,11,12). The molecule has 0 saturated carbocycles. The Bertz CT molecular complexity index is 291. The van der Waals surface area contributed by atoms with Crippen LogP contribution in [-0.4, -0.2) is 18.0 Å². The maximum Gasteiger partial charge on any atom is 0.272 e. The van der Waals surface area contributed by atoms with E-state index in [9.17, 15) is 8.78 Å². The number of halogens is 2. The summed E-state index contributed by atoms with van der Waals surface area (Å²) in [6.07, 6.45) is -1.01. The number of ether oxygens (including phenoxy) is 1. The molecule has 0 radical (unpaired) electrons. The molecule has 1 rings (SSSR count). The highest BCUT2D eigenvalue weighted by Gasteiger charge is 2.05. The van der Waals surface area contributed by atoms with Gasteiger partial charge in [-0.15, -0.1) is 0 Å². The first-order chi connectivity index (χ1) is 6.09. The van der Waals surface area contributed by atoms with Crippen molar-refractivity contribution in [3.63, 3.8) is 0 Å². The summed E-state index contributed by atoms with van der Waals surface area (Å²) in [6, 6.07) is 1.43. The molecule has 0 atom stereocenters. The number of aromatic nitrogens is 1. The maximum atomic E-state index is 11.7. The molecule has 5 heteroatoms. The van der Waals surface area contributed by atoms with E-state index < -0.39 is 13.0 Å². The molecule has 0 saturated heterocycles. The van der Waals surface area contributed by atoms with Crippen molar-refractivity contribution in [3.05, 3.63) is 17.8 Å². The summed E-state index contributed by atoms with van der Waals surface area (Å²) in [6.45, 7) is 1.12. The van der Waals surface area contributed by atoms with Gasteiger partial charge in [-0.2, -0.15) is 0 Å². The molecule has 0 unspecified atom stereocenters. The molecule has 0 spiro atoms. The van der Waals surface area contributed by atoms with Gasteiger partial charge in [-0.3, -0.25) is 0 Å². The molecule has 1 heterocycles. The van der Waals surface area contributed by atoms with Gasteiger partial charge in [0.15, 0.2) is 6.61 Å². The predicted molar refractivity (Wildman–Crippen MR) is 44.9 cm³/mol. The summed E-state index contributed by atoms with van der Waals surface area (Å²) in [4.78, 5) is 3.78. The van der Waals surface area contributed by atoms with Gasteiger partial charge in [0.05, 0.1) is 0 Å². The number of nitrogen functional groups attached to an aromatic ring is 1. The Morgan fingerprint density at radius 1 is 1.62 bits per heavy atom. The summed E-state index contributed by atoms with van der Waals surface area (Å²) in [5.41, 5.74) is 6.80. The van der Waals surface area contributed by atoms with Gasteiger partial charge in [-0.25, -0.2) is 13.8 Å². The Labute approximate surface area is 74.5 Å². The van der Waals surface area contributed by atoms with Crippen LogP contribution >= 0.6 is 0 Å². The molecule has 0 fully saturated rings. The monoisotopic (exact) mass is 188 g/mol. The molecule has 72 valence electrons. The fourth-order valence-corrected chi connectivity index (χ4v) is 0.746. The summed E-state index contributed by atoms with van der Waals surface area (Å²) in [5.74, 6) is 0.128. The number of pyridine rings is 1. The van der Waals surface area contributed by atoms with Gasteiger partial charge in [0, 0.05) is 18.0 Å². The van der Waals surface area contributed by atoms with Crippen molar-refractivity contribution in [2.45, 2.75) is 13.3 Å². The highest BCUT2D eigenvalue weighted by molar-refractivity contribution is 5.47. The fraction of sp³-hybridized carbons (Fsp3) is 0.375. The van der Waals surface area contributed by atoms with Gasteiger partial charge in [0.25, 0.3) is 6.43 Å². The third-order valence-electron chi connectivity index (χ3n) is 1.48. The average Bonchev–Trinajstić information content (AvgIpc) is 2.07. The van der Waals surface area contributed by atoms with E-state index >= 15 is 0 Å². The van der Waals surface area contributed by atoms with Crippen molar-refractivity contribution < 1.29 is 13.5 Å². The van der Waals surface area contributed by atoms with E-state index in [1.54, 1.807) is 6.92 Å². The third kappa shape index (κ3) is 2.85. The van der Waals surface area contributed by atoms with Crippen LogP contribution in [0.2, 0.25) is 0 Å². The molecule has 3 nitrogen and oxygen atoms in total. The van der Waals surface area contributed by atoms with Crippen LogP contribution in [0.15, 0.2) is 12.3 Å². The molecule has 0 amide bonds. The lowest BCUT2D eigenvalue weighted by atomic mass is 10.3. The van der Waals surface area contributed by atoms with E-state index in [-0.39, 0.29) is 5.88 Å². The van der Waals surface area contributed by atoms with Crippen molar-refractivity contribution in [2.24, 2.45) is 0 Å². The van der Waals surface area contributed by atoms with Gasteiger partial charge in [0.1, 0.15) is 0 Å². The van der Waals surface area contributed by atoms with Gasteiger partial charge >= 0.3 is 0 Å². The van der Waals surface area contributed by atoms with E-state index in [1.807, 2.05) is 0 Å². The van der Waals surface area contributed by atoms with Crippen LogP contribution < -0.4 is 10.5 Å². The first-order valence-electron chi connectivity index (χ1n) is 3.72. The third-order valence-corrected chi connectivity index (χ3v) is 1.48. The highest BCUT2D eigenvalue weighted by atomic mass is 19.3. The van der Waals surface area contributed by atoms with Gasteiger partial charge in [-0.05, 0) is 12.5 Å². The second-order valence-electron chi connectivity index (χ2n) is 2.58. The SMILES string of the molecule is Cc1cnc(OCC(F)F)cc1N. The number of alkyl halides is 2. The summed E-state index contributed by atoms with van der Waals surface area (Å²) >= 11 is 0. The van der Waals surface area contributed by atoms with Gasteiger partial charge in [-0.1, -0.05) is 0 Å². The number of rotatable bonds is 3. The van der Waals surface area contributed by atoms with Crippen LogP contribution in [0, 0.1) is 6.92 Å². The van der Waals surface area contributed by atoms with Crippen LogP contribution in [0.3, 0.4) is 0 Å². The fourth-order valence-electron chi connectivity index (χ4n) is 0.746. The molecule has 0 aromatic carbocycles. The van der Waals surface area contributed by atoms with Crippen molar-refractivity contribution in [1.29, 1.82) is 0 Å². The molecule has 1 aromatic heterocycles. The first kappa shape index (κ1) is 9.70. The summed E-state index contributed by atoms with van der Waals surface area (Å²) in [5, 5.41) is 0. The van der Waals surface area contributed by atoms with Gasteiger partial charge < -0.3 is 10.5 Å². The van der Waals surface area contributed by atoms with Crippen LogP contribution in [0.4, 0.5) is 14.5 Å². The molecule has 1 aromatic rings. The molecule has 0 bridgehead atoms. The normalized spacial score (nSPS) is 10.5. The second-order valence-corrected chi connectivity index (χ2v) is 2.58. The topological polar surface area (TPSA) is 48.1 Å². The number of anilines is 1. The minimum absolute atomic E-state index is 0.128. The van der Waals surface area contributed by atoms with Crippen molar-refractivity contribution in [2.75, 3.05) is 12.3 Å². The van der Waals surface area contributed by atoms with Crippen LogP contribution in [0.1, 0.15) is 5.56 Å². The smallest absolute Gasteiger partial charge is 0.272 e. The van der Waals surface area contributed by atoms with E-state index in [2.05, 4.69) is 9.72 Å². The quantitative estimate of drug-likeness (QED) is 0.784. The Morgan fingerprint density at radius 3 is 2.85 bits per heavy atom. The summed E-state index contributed by atoms with van der Waals surface area (Å²) in [7, 11) is 0. The zero-order valence-corrected chi connectivity index (χ0v) is 7.13. The van der Waals surface area contributed by atoms with E-state index in [4.69, 9.17) is 5.73 Å². The van der Waals surface area contributed by atoms with Crippen molar-refractivity contribution >= 4 is 5.69 Å². The number of nitrogens with zero attached hydrogens (tertiary/aromatic N) is 1. The highest BCUT2D eigenvalue weighted by Crippen LogP contribution is 2.15. The lowest BCUT2D eigenvalue weighted by Gasteiger charge is -2.05. The Kier molecular flexibility index (Phi) is 3.00. The lowest BCUT2D eigenvalue weighted by Crippen LogP contribution is -2.08. The van der Waals surface area contributed by atoms with Crippen LogP contribution in [0.5, 0.6) is 5.88 Å². The molecule has 13 heavy (non-hydrogen) atoms. The van der Waals surface area contributed by atoms with E-state index in [0.29, 0.717) is 5.69 Å². The average molecular weight is 188 g/mol. The van der Waals surface area contributed by atoms with Gasteiger partial charge in [0.2, 0.25) is 5.88 Å². The minimum Gasteiger partial charge on any atom is -0.472 e. The van der Waals surface area contributed by atoms with Crippen LogP contribution in [0.25, 0.3) is 0 Å². The Balaban J connectivity index is 2.63. The van der Waals surface area contributed by atoms with Crippen LogP contribution in [-0.2, 0) is 0 Å². The molecule has 2 N–H and O–H groups in total.